The smallest absolute Gasteiger partial charge is 0.373 e. The summed E-state index contributed by atoms with van der Waals surface area (Å²) >= 11 is 1.34. The molecule has 0 saturated heterocycles. The average molecular weight is 304 g/mol. The van der Waals surface area contributed by atoms with Crippen LogP contribution in [0.3, 0.4) is 0 Å². The van der Waals surface area contributed by atoms with Crippen LogP contribution in [0.2, 0.25) is 0 Å². The molecule has 6 heteroatoms. The molecule has 2 aromatic rings. The van der Waals surface area contributed by atoms with E-state index >= 15 is 0 Å². The molecule has 0 aliphatic heterocycles. The van der Waals surface area contributed by atoms with Gasteiger partial charge in [0.05, 0.1) is 12.3 Å². The third-order valence-corrected chi connectivity index (χ3v) is 3.49. The maximum absolute atomic E-state index is 11.5. The fourth-order valence-corrected chi connectivity index (χ4v) is 2.32. The summed E-state index contributed by atoms with van der Waals surface area (Å²) in [6, 6.07) is 3.70. The molecule has 110 valence electrons. The van der Waals surface area contributed by atoms with Gasteiger partial charge in [0.15, 0.2) is 0 Å². The zero-order valence-electron chi connectivity index (χ0n) is 11.7. The topological polar surface area (TPSA) is 72.3 Å². The lowest BCUT2D eigenvalue weighted by molar-refractivity contribution is -0.141. The van der Waals surface area contributed by atoms with Crippen molar-refractivity contribution in [3.8, 4) is 11.3 Å². The van der Waals surface area contributed by atoms with Gasteiger partial charge in [-0.25, -0.2) is 9.78 Å². The molecule has 0 bridgehead atoms. The van der Waals surface area contributed by atoms with Crippen LogP contribution in [-0.4, -0.2) is 27.7 Å². The molecule has 0 atom stereocenters. The van der Waals surface area contributed by atoms with E-state index in [0.717, 1.165) is 24.1 Å². The summed E-state index contributed by atoms with van der Waals surface area (Å²) in [6.45, 7) is 2.31. The minimum Gasteiger partial charge on any atom is -0.502 e. The highest BCUT2D eigenvalue weighted by Gasteiger charge is 2.11. The lowest BCUT2D eigenvalue weighted by atomic mass is 10.2. The number of ether oxygens (including phenoxy) is 1. The summed E-state index contributed by atoms with van der Waals surface area (Å²) in [6.07, 6.45) is 6.41. The third kappa shape index (κ3) is 4.39. The lowest BCUT2D eigenvalue weighted by Crippen LogP contribution is -2.08. The molecule has 2 aromatic heterocycles. The fraction of sp³-hybridized carbons (Fsp3) is 0.267. The molecule has 1 N–H and O–H groups in total. The molecule has 0 saturated carbocycles. The number of pyridine rings is 1. The monoisotopic (exact) mass is 304 g/mol. The second-order valence-electron chi connectivity index (χ2n) is 4.33. The maximum Gasteiger partial charge on any atom is 0.373 e. The molecule has 0 spiro atoms. The molecule has 0 aliphatic carbocycles. The molecular weight excluding hydrogens is 288 g/mol. The molecule has 0 radical (unpaired) electrons. The quantitative estimate of drug-likeness (QED) is 0.383. The Bertz CT molecular complexity index is 623. The Balaban J connectivity index is 2.04. The zero-order valence-corrected chi connectivity index (χ0v) is 12.5. The molecule has 5 nitrogen and oxygen atoms in total. The van der Waals surface area contributed by atoms with Gasteiger partial charge in [0.1, 0.15) is 5.01 Å². The van der Waals surface area contributed by atoms with Gasteiger partial charge in [-0.3, -0.25) is 4.98 Å². The Hall–Kier alpha value is -2.21. The van der Waals surface area contributed by atoms with E-state index in [1.54, 1.807) is 12.4 Å². The van der Waals surface area contributed by atoms with Crippen LogP contribution in [0, 0.1) is 0 Å². The van der Waals surface area contributed by atoms with Crippen LogP contribution in [-0.2, 0) is 9.53 Å². The zero-order chi connectivity index (χ0) is 15.1. The number of aliphatic hydroxyl groups excluding tert-OH is 1. The number of carbonyl (C=O) groups excluding carboxylic acids is 1. The van der Waals surface area contributed by atoms with Crippen molar-refractivity contribution in [1.82, 2.24) is 9.97 Å². The van der Waals surface area contributed by atoms with Crippen LogP contribution in [0.25, 0.3) is 17.3 Å². The number of rotatable bonds is 6. The van der Waals surface area contributed by atoms with Gasteiger partial charge in [0, 0.05) is 29.4 Å². The van der Waals surface area contributed by atoms with Gasteiger partial charge in [0.2, 0.25) is 5.76 Å². The number of esters is 1. The first-order valence-electron chi connectivity index (χ1n) is 6.64. The SMILES string of the molecule is CCCCOC(=O)/C(O)=C/c1nc(-c2ccncc2)cs1. The second-order valence-corrected chi connectivity index (χ2v) is 5.22. The Labute approximate surface area is 127 Å². The molecule has 0 fully saturated rings. The Kier molecular flexibility index (Phi) is 5.45. The van der Waals surface area contributed by atoms with Crippen molar-refractivity contribution >= 4 is 23.4 Å². The number of hydrogen-bond acceptors (Lipinski definition) is 6. The van der Waals surface area contributed by atoms with E-state index in [0.29, 0.717) is 11.6 Å². The van der Waals surface area contributed by atoms with Crippen molar-refractivity contribution in [2.75, 3.05) is 6.61 Å². The predicted molar refractivity (Wildman–Crippen MR) is 81.8 cm³/mol. The third-order valence-electron chi connectivity index (χ3n) is 2.70. The number of aromatic nitrogens is 2. The molecule has 0 aliphatic rings. The number of unbranched alkanes of at least 4 members (excludes halogenated alkanes) is 1. The standard InChI is InChI=1S/C15H16N2O3S/c1-2-3-8-20-15(19)13(18)9-14-17-12(10-21-14)11-4-6-16-7-5-11/h4-7,9-10,18H,2-3,8H2,1H3/b13-9-. The number of thiazole rings is 1. The van der Waals surface area contributed by atoms with E-state index in [-0.39, 0.29) is 0 Å². The van der Waals surface area contributed by atoms with Crippen LogP contribution in [0.1, 0.15) is 24.8 Å². The summed E-state index contributed by atoms with van der Waals surface area (Å²) in [5.41, 5.74) is 1.71. The van der Waals surface area contributed by atoms with E-state index < -0.39 is 11.7 Å². The van der Waals surface area contributed by atoms with E-state index in [4.69, 9.17) is 4.74 Å². The number of aliphatic hydroxyl groups is 1. The Morgan fingerprint density at radius 1 is 1.43 bits per heavy atom. The highest BCUT2D eigenvalue weighted by atomic mass is 32.1. The first kappa shape index (κ1) is 15.2. The molecule has 0 amide bonds. The average Bonchev–Trinajstić information content (AvgIpc) is 2.97. The molecule has 0 unspecified atom stereocenters. The van der Waals surface area contributed by atoms with Gasteiger partial charge in [-0.2, -0.15) is 0 Å². The first-order chi connectivity index (χ1) is 10.2. The molecular formula is C15H16N2O3S. The van der Waals surface area contributed by atoms with Gasteiger partial charge < -0.3 is 9.84 Å². The van der Waals surface area contributed by atoms with Crippen molar-refractivity contribution in [1.29, 1.82) is 0 Å². The normalized spacial score (nSPS) is 11.4. The van der Waals surface area contributed by atoms with Crippen molar-refractivity contribution in [2.45, 2.75) is 19.8 Å². The molecule has 0 aromatic carbocycles. The Morgan fingerprint density at radius 2 is 2.19 bits per heavy atom. The summed E-state index contributed by atoms with van der Waals surface area (Å²) < 4.78 is 4.92. The van der Waals surface area contributed by atoms with Crippen LogP contribution >= 0.6 is 11.3 Å². The van der Waals surface area contributed by atoms with E-state index in [9.17, 15) is 9.90 Å². The number of hydrogen-bond donors (Lipinski definition) is 1. The number of nitrogens with zero attached hydrogens (tertiary/aromatic N) is 2. The van der Waals surface area contributed by atoms with Crippen LogP contribution in [0.15, 0.2) is 35.7 Å². The van der Waals surface area contributed by atoms with Crippen molar-refractivity contribution < 1.29 is 14.6 Å². The van der Waals surface area contributed by atoms with Crippen molar-refractivity contribution in [3.05, 3.63) is 40.7 Å². The fourth-order valence-electron chi connectivity index (χ4n) is 1.57. The minimum atomic E-state index is -0.718. The van der Waals surface area contributed by atoms with Gasteiger partial charge in [-0.15, -0.1) is 11.3 Å². The maximum atomic E-state index is 11.5. The van der Waals surface area contributed by atoms with Crippen molar-refractivity contribution in [3.63, 3.8) is 0 Å². The Morgan fingerprint density at radius 3 is 2.90 bits per heavy atom. The summed E-state index contributed by atoms with van der Waals surface area (Å²) in [5.74, 6) is -1.15. The van der Waals surface area contributed by atoms with E-state index in [1.165, 1.54) is 17.4 Å². The highest BCUT2D eigenvalue weighted by molar-refractivity contribution is 7.10. The summed E-state index contributed by atoms with van der Waals surface area (Å²) in [7, 11) is 0. The summed E-state index contributed by atoms with van der Waals surface area (Å²) in [5, 5.41) is 12.1. The van der Waals surface area contributed by atoms with Gasteiger partial charge in [0.25, 0.3) is 0 Å². The molecule has 21 heavy (non-hydrogen) atoms. The van der Waals surface area contributed by atoms with Crippen molar-refractivity contribution in [2.24, 2.45) is 0 Å². The van der Waals surface area contributed by atoms with Gasteiger partial charge in [-0.1, -0.05) is 13.3 Å². The first-order valence-corrected chi connectivity index (χ1v) is 7.52. The lowest BCUT2D eigenvalue weighted by Gasteiger charge is -2.01. The second kappa shape index (κ2) is 7.54. The number of carbonyl (C=O) groups is 1. The molecule has 2 heterocycles. The molecule has 2 rings (SSSR count). The largest absolute Gasteiger partial charge is 0.502 e. The highest BCUT2D eigenvalue weighted by Crippen LogP contribution is 2.22. The van der Waals surface area contributed by atoms with Crippen LogP contribution in [0.4, 0.5) is 0 Å². The minimum absolute atomic E-state index is 0.313. The van der Waals surface area contributed by atoms with E-state index in [1.807, 2.05) is 24.4 Å². The van der Waals surface area contributed by atoms with E-state index in [2.05, 4.69) is 9.97 Å². The predicted octanol–water partition coefficient (Wildman–Crippen LogP) is 3.45. The van der Waals surface area contributed by atoms with Gasteiger partial charge in [-0.05, 0) is 18.6 Å². The summed E-state index contributed by atoms with van der Waals surface area (Å²) in [4.78, 5) is 19.8. The van der Waals surface area contributed by atoms with Gasteiger partial charge >= 0.3 is 5.97 Å². The van der Waals surface area contributed by atoms with Crippen LogP contribution in [0.5, 0.6) is 0 Å². The van der Waals surface area contributed by atoms with Crippen LogP contribution < -0.4 is 0 Å².